The molecule has 10 heteroatoms. The molecule has 8 nitrogen and oxygen atoms in total. The van der Waals surface area contributed by atoms with Gasteiger partial charge in [-0.25, -0.2) is 0 Å². The first-order chi connectivity index (χ1) is 15.8. The van der Waals surface area contributed by atoms with Crippen molar-refractivity contribution < 1.29 is 35.4 Å². The molecule has 0 saturated heterocycles. The third-order valence-corrected chi connectivity index (χ3v) is 13.1. The maximum Gasteiger partial charge on any atom is 0.267 e. The Morgan fingerprint density at radius 1 is 0.629 bits per heavy atom. The summed E-state index contributed by atoms with van der Waals surface area (Å²) in [7, 11) is -7.67. The molecule has 204 valence electrons. The van der Waals surface area contributed by atoms with Gasteiger partial charge in [0, 0.05) is 0 Å². The molecule has 0 aromatic heterocycles. The van der Waals surface area contributed by atoms with Crippen LogP contribution in [0.15, 0.2) is 0 Å². The minimum Gasteiger partial charge on any atom is -0.387 e. The third kappa shape index (κ3) is 4.85. The third-order valence-electron chi connectivity index (χ3n) is 10.5. The fourth-order valence-corrected chi connectivity index (χ4v) is 10.3. The second-order valence-electron chi connectivity index (χ2n) is 13.3. The van der Waals surface area contributed by atoms with Gasteiger partial charge in [-0.3, -0.25) is 8.37 Å². The molecule has 6 fully saturated rings. The number of rotatable bonds is 10. The molecule has 6 aliphatic carbocycles. The normalized spacial score (nSPS) is 43.8. The minimum atomic E-state index is -3.83. The molecule has 4 bridgehead atoms. The highest BCUT2D eigenvalue weighted by atomic mass is 32.2. The summed E-state index contributed by atoms with van der Waals surface area (Å²) in [5.41, 5.74) is -2.40. The van der Waals surface area contributed by atoms with Gasteiger partial charge in [-0.15, -0.1) is 0 Å². The van der Waals surface area contributed by atoms with Crippen molar-refractivity contribution in [1.82, 2.24) is 0 Å². The van der Waals surface area contributed by atoms with Crippen LogP contribution in [0.1, 0.15) is 86.5 Å². The van der Waals surface area contributed by atoms with E-state index < -0.39 is 43.6 Å². The number of hydrogen-bond acceptors (Lipinski definition) is 8. The first-order valence-electron chi connectivity index (χ1n) is 13.1. The molecule has 8 unspecified atom stereocenters. The van der Waals surface area contributed by atoms with Crippen molar-refractivity contribution >= 4 is 20.2 Å². The molecule has 6 rings (SSSR count). The monoisotopic (exact) mass is 536 g/mol. The van der Waals surface area contributed by atoms with Gasteiger partial charge in [0.25, 0.3) is 20.2 Å². The summed E-state index contributed by atoms with van der Waals surface area (Å²) in [6.45, 7) is 11.8. The summed E-state index contributed by atoms with van der Waals surface area (Å²) >= 11 is 0. The Morgan fingerprint density at radius 2 is 0.971 bits per heavy atom. The van der Waals surface area contributed by atoms with Gasteiger partial charge in [0.05, 0.1) is 22.7 Å². The highest BCUT2D eigenvalue weighted by Gasteiger charge is 2.65. The standard InChI is InChI=1S/C25H44O8S2/c1-22(2)16-12-18(22)24(5,26)20(14-16)32-34(28,29)10-8-7-9-11-35(30,31)33-21-15-17-13-19(23(17,3)4)25(21,6)27/h16-21,26-27H,7-15H2,1-6H3. The van der Waals surface area contributed by atoms with Gasteiger partial charge in [0.1, 0.15) is 12.2 Å². The molecule has 0 amide bonds. The van der Waals surface area contributed by atoms with E-state index in [-0.39, 0.29) is 47.0 Å². The van der Waals surface area contributed by atoms with E-state index in [1.165, 1.54) is 0 Å². The largest absolute Gasteiger partial charge is 0.387 e. The van der Waals surface area contributed by atoms with Gasteiger partial charge in [0.15, 0.2) is 0 Å². The summed E-state index contributed by atoms with van der Waals surface area (Å²) in [6, 6.07) is 0. The summed E-state index contributed by atoms with van der Waals surface area (Å²) in [6.07, 6.45) is 2.29. The van der Waals surface area contributed by atoms with E-state index in [1.807, 2.05) is 0 Å². The fraction of sp³-hybridized carbons (Fsp3) is 1.00. The van der Waals surface area contributed by atoms with Crippen LogP contribution in [0.3, 0.4) is 0 Å². The van der Waals surface area contributed by atoms with Crippen LogP contribution < -0.4 is 0 Å². The topological polar surface area (TPSA) is 127 Å². The van der Waals surface area contributed by atoms with Gasteiger partial charge in [-0.2, -0.15) is 16.8 Å². The predicted molar refractivity (Wildman–Crippen MR) is 132 cm³/mol. The lowest BCUT2D eigenvalue weighted by molar-refractivity contribution is -0.237. The Labute approximate surface area is 211 Å². The fourth-order valence-electron chi connectivity index (χ4n) is 7.72. The van der Waals surface area contributed by atoms with Crippen molar-refractivity contribution in [3.63, 3.8) is 0 Å². The van der Waals surface area contributed by atoms with Crippen LogP contribution in [-0.2, 0) is 28.6 Å². The molecule has 0 radical (unpaired) electrons. The zero-order valence-electron chi connectivity index (χ0n) is 22.0. The molecular formula is C25H44O8S2. The van der Waals surface area contributed by atoms with E-state index in [4.69, 9.17) is 8.37 Å². The molecule has 0 spiro atoms. The number of hydrogen-bond donors (Lipinski definition) is 2. The molecule has 2 N–H and O–H groups in total. The summed E-state index contributed by atoms with van der Waals surface area (Å²) in [4.78, 5) is 0. The maximum absolute atomic E-state index is 12.5. The zero-order valence-corrected chi connectivity index (χ0v) is 23.6. The van der Waals surface area contributed by atoms with Crippen molar-refractivity contribution in [3.8, 4) is 0 Å². The summed E-state index contributed by atoms with van der Waals surface area (Å²) in [5, 5.41) is 21.9. The number of fused-ring (bicyclic) bond motifs is 4. The molecular weight excluding hydrogens is 492 g/mol. The second-order valence-corrected chi connectivity index (χ2v) is 16.7. The SMILES string of the molecule is CC1(C)C2CC(OS(=O)(=O)CCCCCS(=O)(=O)OC3CC4CC(C4(C)C)C3(C)O)C(C)(O)C1C2. The van der Waals surface area contributed by atoms with Crippen molar-refractivity contribution in [2.24, 2.45) is 34.5 Å². The quantitative estimate of drug-likeness (QED) is 0.322. The maximum atomic E-state index is 12.5. The van der Waals surface area contributed by atoms with Crippen molar-refractivity contribution in [3.05, 3.63) is 0 Å². The Morgan fingerprint density at radius 3 is 1.26 bits per heavy atom. The van der Waals surface area contributed by atoms with Crippen molar-refractivity contribution in [1.29, 1.82) is 0 Å². The van der Waals surface area contributed by atoms with Crippen molar-refractivity contribution in [2.75, 3.05) is 11.5 Å². The van der Waals surface area contributed by atoms with Gasteiger partial charge >= 0.3 is 0 Å². The average molecular weight is 537 g/mol. The number of aliphatic hydroxyl groups is 2. The van der Waals surface area contributed by atoms with Crippen LogP contribution in [0.2, 0.25) is 0 Å². The van der Waals surface area contributed by atoms with Gasteiger partial charge in [-0.05, 0) is 86.9 Å². The van der Waals surface area contributed by atoms with Crippen LogP contribution in [0.5, 0.6) is 0 Å². The molecule has 0 aromatic rings. The second kappa shape index (κ2) is 8.63. The van der Waals surface area contributed by atoms with Crippen LogP contribution in [-0.4, -0.2) is 62.0 Å². The Balaban J connectivity index is 1.20. The molecule has 8 atom stereocenters. The lowest BCUT2D eigenvalue weighted by atomic mass is 9.43. The predicted octanol–water partition coefficient (Wildman–Crippen LogP) is 3.22. The van der Waals surface area contributed by atoms with E-state index in [9.17, 15) is 27.0 Å². The minimum absolute atomic E-state index is 0.0115. The van der Waals surface area contributed by atoms with E-state index >= 15 is 0 Å². The average Bonchev–Trinajstić information content (AvgIpc) is 2.69. The van der Waals surface area contributed by atoms with E-state index in [0.29, 0.717) is 31.1 Å². The van der Waals surface area contributed by atoms with E-state index in [1.54, 1.807) is 13.8 Å². The highest BCUT2D eigenvalue weighted by Crippen LogP contribution is 2.64. The first kappa shape index (κ1) is 27.8. The van der Waals surface area contributed by atoms with Crippen LogP contribution in [0.25, 0.3) is 0 Å². The molecule has 0 aliphatic heterocycles. The van der Waals surface area contributed by atoms with Gasteiger partial charge < -0.3 is 10.2 Å². The summed E-state index contributed by atoms with van der Waals surface area (Å²) < 4.78 is 61.1. The Bertz CT molecular complexity index is 946. The first-order valence-corrected chi connectivity index (χ1v) is 16.2. The molecule has 6 aliphatic rings. The van der Waals surface area contributed by atoms with Crippen LogP contribution in [0.4, 0.5) is 0 Å². The van der Waals surface area contributed by atoms with Gasteiger partial charge in [0.2, 0.25) is 0 Å². The molecule has 6 saturated carbocycles. The Kier molecular flexibility index (Phi) is 6.85. The number of unbranched alkanes of at least 4 members (excludes halogenated alkanes) is 2. The smallest absolute Gasteiger partial charge is 0.267 e. The van der Waals surface area contributed by atoms with Gasteiger partial charge in [-0.1, -0.05) is 34.1 Å². The van der Waals surface area contributed by atoms with E-state index in [2.05, 4.69) is 27.7 Å². The van der Waals surface area contributed by atoms with Crippen LogP contribution in [0, 0.1) is 34.5 Å². The lowest BCUT2D eigenvalue weighted by Gasteiger charge is -2.64. The van der Waals surface area contributed by atoms with Crippen molar-refractivity contribution in [2.45, 2.75) is 110 Å². The van der Waals surface area contributed by atoms with Crippen LogP contribution >= 0.6 is 0 Å². The lowest BCUT2D eigenvalue weighted by Crippen LogP contribution is -2.67. The molecule has 0 aromatic carbocycles. The summed E-state index contributed by atoms with van der Waals surface area (Å²) in [5.74, 6) is 0.298. The molecule has 0 heterocycles. The Hall–Kier alpha value is -0.260. The van der Waals surface area contributed by atoms with E-state index in [0.717, 1.165) is 12.8 Å². The zero-order chi connectivity index (χ0) is 26.2. The highest BCUT2D eigenvalue weighted by molar-refractivity contribution is 7.87. The molecule has 35 heavy (non-hydrogen) atoms.